The molecule has 0 spiro atoms. The number of hydrogen-bond acceptors (Lipinski definition) is 3. The molecule has 0 aromatic rings. The van der Waals surface area contributed by atoms with Crippen LogP contribution in [0.5, 0.6) is 0 Å². The quantitative estimate of drug-likeness (QED) is 0.391. The Labute approximate surface area is 88.8 Å². The van der Waals surface area contributed by atoms with Crippen molar-refractivity contribution in [3.8, 4) is 0 Å². The number of carbonyl (C=O) groups excluding carboxylic acids is 1. The molecule has 1 atom stereocenters. The van der Waals surface area contributed by atoms with Crippen LogP contribution in [0, 0.1) is 0 Å². The number of nitrogens with zero attached hydrogens (tertiary/aromatic N) is 4. The monoisotopic (exact) mass is 212 g/mol. The maximum absolute atomic E-state index is 11.6. The van der Waals surface area contributed by atoms with Crippen LogP contribution in [0.1, 0.15) is 19.8 Å². The van der Waals surface area contributed by atoms with Gasteiger partial charge in [-0.15, -0.1) is 0 Å². The smallest absolute Gasteiger partial charge is 0.228 e. The Morgan fingerprint density at radius 2 is 2.53 bits per heavy atom. The number of amides is 1. The van der Waals surface area contributed by atoms with Gasteiger partial charge in [-0.2, -0.15) is 0 Å². The van der Waals surface area contributed by atoms with Gasteiger partial charge in [0, 0.05) is 18.1 Å². The Balaban J connectivity index is 2.44. The standard InChI is InChI=1S/C9H16N4O2/c1-2-15-7-8-4-3-5-13(8)9(14)6-11-12-10/h8H,2-7H2,1H3/t8-/m0/s1. The summed E-state index contributed by atoms with van der Waals surface area (Å²) >= 11 is 0. The van der Waals surface area contributed by atoms with Crippen LogP contribution < -0.4 is 0 Å². The largest absolute Gasteiger partial charge is 0.380 e. The van der Waals surface area contributed by atoms with Crippen molar-refractivity contribution >= 4 is 5.91 Å². The van der Waals surface area contributed by atoms with Crippen molar-refractivity contribution < 1.29 is 9.53 Å². The average Bonchev–Trinajstić information content (AvgIpc) is 2.71. The number of rotatable bonds is 5. The van der Waals surface area contributed by atoms with Gasteiger partial charge in [-0.05, 0) is 25.3 Å². The molecule has 1 aliphatic rings. The zero-order valence-corrected chi connectivity index (χ0v) is 8.93. The van der Waals surface area contributed by atoms with Gasteiger partial charge in [0.1, 0.15) is 6.54 Å². The molecule has 1 amide bonds. The highest BCUT2D eigenvalue weighted by atomic mass is 16.5. The molecule has 1 aliphatic heterocycles. The highest BCUT2D eigenvalue weighted by Crippen LogP contribution is 2.17. The molecule has 0 aromatic carbocycles. The number of likely N-dealkylation sites (tertiary alicyclic amines) is 1. The second-order valence-electron chi connectivity index (χ2n) is 3.43. The van der Waals surface area contributed by atoms with Gasteiger partial charge in [0.2, 0.25) is 5.91 Å². The fourth-order valence-corrected chi connectivity index (χ4v) is 1.77. The first-order valence-electron chi connectivity index (χ1n) is 5.17. The van der Waals surface area contributed by atoms with Crippen LogP contribution in [0.15, 0.2) is 5.11 Å². The molecule has 84 valence electrons. The van der Waals surface area contributed by atoms with Crippen LogP contribution in [0.4, 0.5) is 0 Å². The van der Waals surface area contributed by atoms with Crippen molar-refractivity contribution in [3.63, 3.8) is 0 Å². The van der Waals surface area contributed by atoms with Crippen LogP contribution in [0.25, 0.3) is 10.4 Å². The number of hydrogen-bond donors (Lipinski definition) is 0. The molecular weight excluding hydrogens is 196 g/mol. The Morgan fingerprint density at radius 3 is 3.20 bits per heavy atom. The molecule has 1 rings (SSSR count). The summed E-state index contributed by atoms with van der Waals surface area (Å²) in [4.78, 5) is 15.9. The van der Waals surface area contributed by atoms with Crippen molar-refractivity contribution in [2.24, 2.45) is 5.11 Å². The second-order valence-corrected chi connectivity index (χ2v) is 3.43. The molecular formula is C9H16N4O2. The molecule has 0 aromatic heterocycles. The maximum Gasteiger partial charge on any atom is 0.228 e. The Kier molecular flexibility index (Phi) is 4.93. The first-order chi connectivity index (χ1) is 7.29. The summed E-state index contributed by atoms with van der Waals surface area (Å²) in [6.07, 6.45) is 1.97. The molecule has 1 heterocycles. The predicted octanol–water partition coefficient (Wildman–Crippen LogP) is 1.32. The molecule has 0 bridgehead atoms. The van der Waals surface area contributed by atoms with Crippen LogP contribution in [0.2, 0.25) is 0 Å². The lowest BCUT2D eigenvalue weighted by molar-refractivity contribution is -0.131. The molecule has 0 saturated carbocycles. The van der Waals surface area contributed by atoms with E-state index in [-0.39, 0.29) is 18.5 Å². The summed E-state index contributed by atoms with van der Waals surface area (Å²) < 4.78 is 5.30. The number of carbonyl (C=O) groups is 1. The van der Waals surface area contributed by atoms with E-state index in [1.807, 2.05) is 6.92 Å². The molecule has 6 heteroatoms. The van der Waals surface area contributed by atoms with Crippen molar-refractivity contribution in [2.45, 2.75) is 25.8 Å². The molecule has 0 N–H and O–H groups in total. The van der Waals surface area contributed by atoms with Crippen molar-refractivity contribution in [2.75, 3.05) is 26.3 Å². The van der Waals surface area contributed by atoms with Gasteiger partial charge in [-0.3, -0.25) is 4.79 Å². The van der Waals surface area contributed by atoms with Gasteiger partial charge >= 0.3 is 0 Å². The topological polar surface area (TPSA) is 78.3 Å². The lowest BCUT2D eigenvalue weighted by Crippen LogP contribution is -2.39. The summed E-state index contributed by atoms with van der Waals surface area (Å²) in [6, 6.07) is 0.159. The fraction of sp³-hybridized carbons (Fsp3) is 0.889. The maximum atomic E-state index is 11.6. The van der Waals surface area contributed by atoms with Crippen LogP contribution in [0.3, 0.4) is 0 Å². The molecule has 1 saturated heterocycles. The van der Waals surface area contributed by atoms with E-state index in [0.29, 0.717) is 13.2 Å². The minimum Gasteiger partial charge on any atom is -0.380 e. The highest BCUT2D eigenvalue weighted by molar-refractivity contribution is 5.79. The van der Waals surface area contributed by atoms with Gasteiger partial charge in [-0.1, -0.05) is 5.11 Å². The van der Waals surface area contributed by atoms with Gasteiger partial charge < -0.3 is 9.64 Å². The predicted molar refractivity (Wildman–Crippen MR) is 55.2 cm³/mol. The van der Waals surface area contributed by atoms with Crippen molar-refractivity contribution in [1.29, 1.82) is 0 Å². The van der Waals surface area contributed by atoms with Gasteiger partial charge in [0.05, 0.1) is 12.6 Å². The number of ether oxygens (including phenoxy) is 1. The van der Waals surface area contributed by atoms with Gasteiger partial charge in [0.15, 0.2) is 0 Å². The molecule has 0 radical (unpaired) electrons. The van der Waals surface area contributed by atoms with Crippen molar-refractivity contribution in [3.05, 3.63) is 10.4 Å². The summed E-state index contributed by atoms with van der Waals surface area (Å²) in [7, 11) is 0. The summed E-state index contributed by atoms with van der Waals surface area (Å²) in [5.41, 5.74) is 8.13. The third-order valence-electron chi connectivity index (χ3n) is 2.48. The zero-order valence-electron chi connectivity index (χ0n) is 8.93. The van der Waals surface area contributed by atoms with Crippen LogP contribution in [-0.4, -0.2) is 43.2 Å². The van der Waals surface area contributed by atoms with E-state index in [2.05, 4.69) is 10.0 Å². The molecule has 15 heavy (non-hydrogen) atoms. The normalized spacial score (nSPS) is 20.1. The van der Waals surface area contributed by atoms with Gasteiger partial charge in [-0.25, -0.2) is 0 Å². The third-order valence-corrected chi connectivity index (χ3v) is 2.48. The Hall–Kier alpha value is -1.26. The van der Waals surface area contributed by atoms with Gasteiger partial charge in [0.25, 0.3) is 0 Å². The second kappa shape index (κ2) is 6.27. The Morgan fingerprint density at radius 1 is 1.73 bits per heavy atom. The molecule has 0 aliphatic carbocycles. The summed E-state index contributed by atoms with van der Waals surface area (Å²) in [6.45, 7) is 3.84. The molecule has 1 fully saturated rings. The number of azide groups is 1. The Bertz CT molecular complexity index is 263. The van der Waals surface area contributed by atoms with E-state index in [0.717, 1.165) is 19.4 Å². The highest BCUT2D eigenvalue weighted by Gasteiger charge is 2.27. The van der Waals surface area contributed by atoms with E-state index in [4.69, 9.17) is 10.3 Å². The first-order valence-corrected chi connectivity index (χ1v) is 5.17. The van der Waals surface area contributed by atoms with Crippen molar-refractivity contribution in [1.82, 2.24) is 4.90 Å². The minimum absolute atomic E-state index is 0.0842. The summed E-state index contributed by atoms with van der Waals surface area (Å²) in [5, 5.41) is 3.28. The lowest BCUT2D eigenvalue weighted by Gasteiger charge is -2.23. The third kappa shape index (κ3) is 3.42. The van der Waals surface area contributed by atoms with E-state index in [9.17, 15) is 4.79 Å². The fourth-order valence-electron chi connectivity index (χ4n) is 1.77. The van der Waals surface area contributed by atoms with E-state index >= 15 is 0 Å². The summed E-state index contributed by atoms with van der Waals surface area (Å²) in [5.74, 6) is -0.102. The molecule has 0 unspecified atom stereocenters. The molecule has 6 nitrogen and oxygen atoms in total. The zero-order chi connectivity index (χ0) is 11.1. The van der Waals surface area contributed by atoms with Crippen LogP contribution >= 0.6 is 0 Å². The van der Waals surface area contributed by atoms with E-state index in [1.54, 1.807) is 4.90 Å². The first kappa shape index (κ1) is 11.8. The van der Waals surface area contributed by atoms with Crippen LogP contribution in [-0.2, 0) is 9.53 Å². The average molecular weight is 212 g/mol. The SMILES string of the molecule is CCOC[C@@H]1CCCN1C(=O)CN=[N+]=[N-]. The lowest BCUT2D eigenvalue weighted by atomic mass is 10.2. The minimum atomic E-state index is -0.102. The van der Waals surface area contributed by atoms with E-state index in [1.165, 1.54) is 0 Å². The van der Waals surface area contributed by atoms with E-state index < -0.39 is 0 Å².